The van der Waals surface area contributed by atoms with Crippen molar-refractivity contribution >= 4 is 11.8 Å². The number of methoxy groups -OCH3 is 1. The van der Waals surface area contributed by atoms with Crippen LogP contribution in [0.1, 0.15) is 27.2 Å². The monoisotopic (exact) mass is 228 g/mol. The van der Waals surface area contributed by atoms with Crippen LogP contribution < -0.4 is 5.32 Å². The van der Waals surface area contributed by atoms with Gasteiger partial charge in [-0.1, -0.05) is 6.92 Å². The molecule has 0 radical (unpaired) electrons. The van der Waals surface area contributed by atoms with Gasteiger partial charge in [0.2, 0.25) is 11.8 Å². The van der Waals surface area contributed by atoms with Gasteiger partial charge in [0.05, 0.1) is 12.6 Å². The van der Waals surface area contributed by atoms with Crippen LogP contribution in [0.3, 0.4) is 0 Å². The molecule has 0 aromatic carbocycles. The first kappa shape index (κ1) is 13.0. The van der Waals surface area contributed by atoms with Gasteiger partial charge in [-0.25, -0.2) is 0 Å². The molecule has 2 atom stereocenters. The number of piperazine rings is 1. The first-order valence-corrected chi connectivity index (χ1v) is 5.56. The normalized spacial score (nSPS) is 27.9. The van der Waals surface area contributed by atoms with E-state index in [-0.39, 0.29) is 24.5 Å². The van der Waals surface area contributed by atoms with E-state index >= 15 is 0 Å². The molecular weight excluding hydrogens is 208 g/mol. The number of ether oxygens (including phenoxy) is 1. The number of hydrogen-bond acceptors (Lipinski definition) is 3. The zero-order valence-electron chi connectivity index (χ0n) is 10.4. The first-order chi connectivity index (χ1) is 7.42. The number of nitrogens with zero attached hydrogens (tertiary/aromatic N) is 1. The molecule has 2 unspecified atom stereocenters. The number of amides is 2. The second kappa shape index (κ2) is 4.82. The number of carbonyl (C=O) groups is 2. The molecule has 1 saturated heterocycles. The highest BCUT2D eigenvalue weighted by Crippen LogP contribution is 2.18. The summed E-state index contributed by atoms with van der Waals surface area (Å²) in [5, 5.41) is 2.74. The van der Waals surface area contributed by atoms with Gasteiger partial charge in [0.15, 0.2) is 0 Å². The average Bonchev–Trinajstić information content (AvgIpc) is 2.25. The summed E-state index contributed by atoms with van der Waals surface area (Å²) in [4.78, 5) is 25.2. The summed E-state index contributed by atoms with van der Waals surface area (Å²) >= 11 is 0. The summed E-state index contributed by atoms with van der Waals surface area (Å²) in [6, 6.07) is 0. The Labute approximate surface area is 96.1 Å². The van der Waals surface area contributed by atoms with Gasteiger partial charge in [-0.15, -0.1) is 0 Å². The molecule has 1 N–H and O–H groups in total. The van der Waals surface area contributed by atoms with E-state index in [1.54, 1.807) is 18.9 Å². The molecule has 0 aromatic rings. The minimum Gasteiger partial charge on any atom is -0.380 e. The third-order valence-electron chi connectivity index (χ3n) is 3.10. The molecule has 92 valence electrons. The van der Waals surface area contributed by atoms with Crippen LogP contribution in [0.25, 0.3) is 0 Å². The Morgan fingerprint density at radius 2 is 2.19 bits per heavy atom. The predicted octanol–water partition coefficient (Wildman–Crippen LogP) is 0.148. The van der Waals surface area contributed by atoms with E-state index in [9.17, 15) is 9.59 Å². The van der Waals surface area contributed by atoms with Crippen LogP contribution in [0.4, 0.5) is 0 Å². The van der Waals surface area contributed by atoms with Gasteiger partial charge in [-0.05, 0) is 20.3 Å². The molecule has 1 heterocycles. The second-order valence-electron chi connectivity index (χ2n) is 4.47. The zero-order chi connectivity index (χ0) is 12.3. The molecule has 5 nitrogen and oxygen atoms in total. The van der Waals surface area contributed by atoms with Gasteiger partial charge in [0.1, 0.15) is 5.54 Å². The molecule has 16 heavy (non-hydrogen) atoms. The van der Waals surface area contributed by atoms with E-state index in [0.29, 0.717) is 13.0 Å². The lowest BCUT2D eigenvalue weighted by Crippen LogP contribution is -2.65. The van der Waals surface area contributed by atoms with E-state index in [2.05, 4.69) is 5.32 Å². The van der Waals surface area contributed by atoms with Crippen LogP contribution >= 0.6 is 0 Å². The van der Waals surface area contributed by atoms with Crippen molar-refractivity contribution in [2.45, 2.75) is 38.8 Å². The standard InChI is InChI=1S/C11H20N2O3/c1-5-11(3)10(15)13(6-8(2)16-4)7-9(14)12-11/h8H,5-7H2,1-4H3,(H,12,14). The van der Waals surface area contributed by atoms with Gasteiger partial charge < -0.3 is 15.0 Å². The highest BCUT2D eigenvalue weighted by molar-refractivity contribution is 5.97. The molecule has 0 bridgehead atoms. The van der Waals surface area contributed by atoms with Gasteiger partial charge >= 0.3 is 0 Å². The van der Waals surface area contributed by atoms with Crippen molar-refractivity contribution in [2.75, 3.05) is 20.2 Å². The van der Waals surface area contributed by atoms with E-state index in [0.717, 1.165) is 0 Å². The lowest BCUT2D eigenvalue weighted by molar-refractivity contribution is -0.150. The minimum atomic E-state index is -0.761. The summed E-state index contributed by atoms with van der Waals surface area (Å²) < 4.78 is 5.11. The Hall–Kier alpha value is -1.10. The van der Waals surface area contributed by atoms with E-state index in [4.69, 9.17) is 4.74 Å². The Morgan fingerprint density at radius 3 is 2.69 bits per heavy atom. The highest BCUT2D eigenvalue weighted by atomic mass is 16.5. The third kappa shape index (κ3) is 2.52. The van der Waals surface area contributed by atoms with Crippen molar-refractivity contribution < 1.29 is 14.3 Å². The quantitative estimate of drug-likeness (QED) is 0.745. The number of rotatable bonds is 4. The Bertz CT molecular complexity index is 293. The zero-order valence-corrected chi connectivity index (χ0v) is 10.4. The average molecular weight is 228 g/mol. The maximum absolute atomic E-state index is 12.1. The number of hydrogen-bond donors (Lipinski definition) is 1. The molecule has 5 heteroatoms. The minimum absolute atomic E-state index is 0.0292. The van der Waals surface area contributed by atoms with Crippen LogP contribution in [-0.4, -0.2) is 48.6 Å². The van der Waals surface area contributed by atoms with E-state index in [1.165, 1.54) is 0 Å². The highest BCUT2D eigenvalue weighted by Gasteiger charge is 2.41. The fourth-order valence-electron chi connectivity index (χ4n) is 1.77. The summed E-state index contributed by atoms with van der Waals surface area (Å²) in [6.07, 6.45) is 0.533. The Kier molecular flexibility index (Phi) is 3.91. The van der Waals surface area contributed by atoms with Gasteiger partial charge in [-0.2, -0.15) is 0 Å². The van der Waals surface area contributed by atoms with Crippen LogP contribution in [0.15, 0.2) is 0 Å². The molecular formula is C11H20N2O3. The van der Waals surface area contributed by atoms with Crippen molar-refractivity contribution in [3.05, 3.63) is 0 Å². The summed E-state index contributed by atoms with van der Waals surface area (Å²) in [5.74, 6) is -0.134. The Balaban J connectivity index is 2.77. The smallest absolute Gasteiger partial charge is 0.248 e. The van der Waals surface area contributed by atoms with Crippen LogP contribution in [0, 0.1) is 0 Å². The van der Waals surface area contributed by atoms with Crippen molar-refractivity contribution in [2.24, 2.45) is 0 Å². The van der Waals surface area contributed by atoms with E-state index in [1.807, 2.05) is 13.8 Å². The molecule has 1 rings (SSSR count). The van der Waals surface area contributed by atoms with Crippen molar-refractivity contribution in [1.29, 1.82) is 0 Å². The largest absolute Gasteiger partial charge is 0.380 e. The fraction of sp³-hybridized carbons (Fsp3) is 0.818. The molecule has 0 spiro atoms. The van der Waals surface area contributed by atoms with Gasteiger partial charge in [-0.3, -0.25) is 9.59 Å². The topological polar surface area (TPSA) is 58.6 Å². The van der Waals surface area contributed by atoms with Crippen molar-refractivity contribution in [1.82, 2.24) is 10.2 Å². The molecule has 0 saturated carbocycles. The number of carbonyl (C=O) groups excluding carboxylic acids is 2. The van der Waals surface area contributed by atoms with Gasteiger partial charge in [0, 0.05) is 13.7 Å². The predicted molar refractivity (Wildman–Crippen MR) is 59.9 cm³/mol. The molecule has 0 aromatic heterocycles. The molecule has 1 fully saturated rings. The lowest BCUT2D eigenvalue weighted by Gasteiger charge is -2.40. The molecule has 1 aliphatic rings. The molecule has 1 aliphatic heterocycles. The maximum atomic E-state index is 12.1. The summed E-state index contributed by atoms with van der Waals surface area (Å²) in [5.41, 5.74) is -0.761. The van der Waals surface area contributed by atoms with Gasteiger partial charge in [0.25, 0.3) is 0 Å². The third-order valence-corrected chi connectivity index (χ3v) is 3.10. The van der Waals surface area contributed by atoms with Crippen LogP contribution in [0.5, 0.6) is 0 Å². The SMILES string of the molecule is CCC1(C)NC(=O)CN(CC(C)OC)C1=O. The number of nitrogens with one attached hydrogen (secondary N) is 1. The lowest BCUT2D eigenvalue weighted by atomic mass is 9.94. The van der Waals surface area contributed by atoms with Crippen LogP contribution in [0.2, 0.25) is 0 Å². The Morgan fingerprint density at radius 1 is 1.56 bits per heavy atom. The van der Waals surface area contributed by atoms with Crippen molar-refractivity contribution in [3.8, 4) is 0 Å². The first-order valence-electron chi connectivity index (χ1n) is 5.56. The second-order valence-corrected chi connectivity index (χ2v) is 4.47. The van der Waals surface area contributed by atoms with E-state index < -0.39 is 5.54 Å². The fourth-order valence-corrected chi connectivity index (χ4v) is 1.77. The summed E-state index contributed by atoms with van der Waals surface area (Å²) in [6.45, 7) is 6.11. The van der Waals surface area contributed by atoms with Crippen LogP contribution in [-0.2, 0) is 14.3 Å². The molecule has 0 aliphatic carbocycles. The maximum Gasteiger partial charge on any atom is 0.248 e. The van der Waals surface area contributed by atoms with Crippen molar-refractivity contribution in [3.63, 3.8) is 0 Å². The molecule has 2 amide bonds. The summed E-state index contributed by atoms with van der Waals surface area (Å²) in [7, 11) is 1.60.